The van der Waals surface area contributed by atoms with Crippen LogP contribution in [0.2, 0.25) is 0 Å². The summed E-state index contributed by atoms with van der Waals surface area (Å²) in [4.78, 5) is 0. The Morgan fingerprint density at radius 2 is 1.64 bits per heavy atom. The fourth-order valence-electron chi connectivity index (χ4n) is 3.22. The van der Waals surface area contributed by atoms with Gasteiger partial charge in [-0.05, 0) is 50.5 Å². The molecular formula is C19H19FO2. The quantitative estimate of drug-likeness (QED) is 0.786. The second-order valence-electron chi connectivity index (χ2n) is 6.51. The van der Waals surface area contributed by atoms with Gasteiger partial charge in [0.2, 0.25) is 0 Å². The van der Waals surface area contributed by atoms with Crippen LogP contribution in [-0.4, -0.2) is 12.2 Å². The first-order chi connectivity index (χ1) is 10.5. The molecule has 3 heteroatoms. The third-order valence-corrected chi connectivity index (χ3v) is 4.77. The van der Waals surface area contributed by atoms with E-state index in [-0.39, 0.29) is 5.82 Å². The van der Waals surface area contributed by atoms with Crippen molar-refractivity contribution < 1.29 is 13.9 Å². The lowest BCUT2D eigenvalue weighted by molar-refractivity contribution is 0.0702. The van der Waals surface area contributed by atoms with Crippen LogP contribution < -0.4 is 4.74 Å². The maximum atomic E-state index is 14.4. The topological polar surface area (TPSA) is 21.8 Å². The fourth-order valence-corrected chi connectivity index (χ4v) is 3.22. The first kappa shape index (κ1) is 13.8. The van der Waals surface area contributed by atoms with E-state index in [1.807, 2.05) is 50.2 Å². The molecule has 2 fully saturated rings. The number of epoxide rings is 1. The molecule has 1 aliphatic carbocycles. The van der Waals surface area contributed by atoms with Crippen LogP contribution >= 0.6 is 0 Å². The fraction of sp³-hybridized carbons (Fsp3) is 0.368. The smallest absolute Gasteiger partial charge is 0.159 e. The van der Waals surface area contributed by atoms with Crippen molar-refractivity contribution in [2.45, 2.75) is 37.9 Å². The Hall–Kier alpha value is -1.87. The largest absolute Gasteiger partial charge is 0.484 e. The molecule has 1 atom stereocenters. The van der Waals surface area contributed by atoms with E-state index in [2.05, 4.69) is 0 Å². The first-order valence-corrected chi connectivity index (χ1v) is 7.71. The normalized spacial score (nSPS) is 24.9. The van der Waals surface area contributed by atoms with Crippen LogP contribution in [0.3, 0.4) is 0 Å². The molecule has 0 N–H and O–H groups in total. The summed E-state index contributed by atoms with van der Waals surface area (Å²) < 4.78 is 26.4. The third kappa shape index (κ3) is 2.03. The molecule has 4 rings (SSSR count). The average Bonchev–Trinajstić information content (AvgIpc) is 3.36. The summed E-state index contributed by atoms with van der Waals surface area (Å²) in [6.07, 6.45) is 1.79. The van der Waals surface area contributed by atoms with Gasteiger partial charge < -0.3 is 9.47 Å². The number of benzene rings is 2. The molecule has 1 aliphatic heterocycles. The summed E-state index contributed by atoms with van der Waals surface area (Å²) in [6.45, 7) is 4.46. The zero-order valence-corrected chi connectivity index (χ0v) is 12.9. The molecular weight excluding hydrogens is 279 g/mol. The van der Waals surface area contributed by atoms with Gasteiger partial charge in [0.1, 0.15) is 17.2 Å². The summed E-state index contributed by atoms with van der Waals surface area (Å²) in [5.74, 6) is 0.627. The Balaban J connectivity index is 1.66. The van der Waals surface area contributed by atoms with Crippen molar-refractivity contribution >= 4 is 0 Å². The lowest BCUT2D eigenvalue weighted by Crippen LogP contribution is -2.36. The van der Waals surface area contributed by atoms with Crippen LogP contribution in [-0.2, 0) is 10.3 Å². The number of rotatable bonds is 4. The van der Waals surface area contributed by atoms with Crippen LogP contribution in [0.5, 0.6) is 5.75 Å². The average molecular weight is 298 g/mol. The van der Waals surface area contributed by atoms with Gasteiger partial charge in [0.15, 0.2) is 5.60 Å². The predicted octanol–water partition coefficient (Wildman–Crippen LogP) is 4.28. The summed E-state index contributed by atoms with van der Waals surface area (Å²) >= 11 is 0. The molecule has 0 bridgehead atoms. The van der Waals surface area contributed by atoms with Crippen LogP contribution in [0.4, 0.5) is 4.39 Å². The second-order valence-corrected chi connectivity index (χ2v) is 6.51. The third-order valence-electron chi connectivity index (χ3n) is 4.77. The zero-order valence-electron chi connectivity index (χ0n) is 12.9. The maximum absolute atomic E-state index is 14.4. The highest BCUT2D eigenvalue weighted by molar-refractivity contribution is 5.39. The standard InChI is InChI=1S/C19H19FO2/c1-13-3-6-15(7-4-13)22-18(9-10-18)19(12-21-19)16-8-5-14(2)11-17(16)20/h3-8,11H,9-10,12H2,1-2H3. The summed E-state index contributed by atoms with van der Waals surface area (Å²) in [6, 6.07) is 13.3. The summed E-state index contributed by atoms with van der Waals surface area (Å²) in [5.41, 5.74) is 1.71. The zero-order chi connectivity index (χ0) is 15.4. The summed E-state index contributed by atoms with van der Waals surface area (Å²) in [5, 5.41) is 0. The molecule has 1 saturated carbocycles. The van der Waals surface area contributed by atoms with E-state index in [1.165, 1.54) is 5.56 Å². The van der Waals surface area contributed by atoms with Gasteiger partial charge in [-0.3, -0.25) is 0 Å². The van der Waals surface area contributed by atoms with Gasteiger partial charge in [-0.2, -0.15) is 0 Å². The van der Waals surface area contributed by atoms with Crippen LogP contribution in [0.1, 0.15) is 29.5 Å². The van der Waals surface area contributed by atoms with E-state index < -0.39 is 11.2 Å². The highest BCUT2D eigenvalue weighted by Gasteiger charge is 2.71. The van der Waals surface area contributed by atoms with Crippen molar-refractivity contribution in [3.8, 4) is 5.75 Å². The molecule has 2 aromatic carbocycles. The molecule has 0 radical (unpaired) electrons. The van der Waals surface area contributed by atoms with Gasteiger partial charge in [-0.15, -0.1) is 0 Å². The SMILES string of the molecule is Cc1ccc(OC2(C3(c4ccc(C)cc4F)CO3)CC2)cc1. The minimum atomic E-state index is -0.615. The minimum Gasteiger partial charge on any atom is -0.484 e. The summed E-state index contributed by atoms with van der Waals surface area (Å²) in [7, 11) is 0. The van der Waals surface area contributed by atoms with Crippen LogP contribution in [0.25, 0.3) is 0 Å². The van der Waals surface area contributed by atoms with Gasteiger partial charge in [0.05, 0.1) is 6.61 Å². The Morgan fingerprint density at radius 3 is 2.18 bits per heavy atom. The molecule has 1 heterocycles. The molecule has 0 spiro atoms. The number of ether oxygens (including phenoxy) is 2. The maximum Gasteiger partial charge on any atom is 0.159 e. The Labute approximate surface area is 129 Å². The first-order valence-electron chi connectivity index (χ1n) is 7.71. The highest BCUT2D eigenvalue weighted by atomic mass is 19.1. The van der Waals surface area contributed by atoms with Gasteiger partial charge in [-0.25, -0.2) is 4.39 Å². The lowest BCUT2D eigenvalue weighted by Gasteiger charge is -2.26. The van der Waals surface area contributed by atoms with E-state index >= 15 is 0 Å². The number of aryl methyl sites for hydroxylation is 2. The highest BCUT2D eigenvalue weighted by Crippen LogP contribution is 2.61. The van der Waals surface area contributed by atoms with Gasteiger partial charge in [0.25, 0.3) is 0 Å². The Kier molecular flexibility index (Phi) is 2.85. The van der Waals surface area contributed by atoms with Gasteiger partial charge in [0, 0.05) is 5.56 Å². The number of halogens is 1. The van der Waals surface area contributed by atoms with E-state index in [4.69, 9.17) is 9.47 Å². The Morgan fingerprint density at radius 1 is 1.00 bits per heavy atom. The minimum absolute atomic E-state index is 0.198. The number of hydrogen-bond acceptors (Lipinski definition) is 2. The molecule has 0 aromatic heterocycles. The van der Waals surface area contributed by atoms with Crippen LogP contribution in [0.15, 0.2) is 42.5 Å². The Bertz CT molecular complexity index is 713. The van der Waals surface area contributed by atoms with Crippen molar-refractivity contribution in [1.82, 2.24) is 0 Å². The van der Waals surface area contributed by atoms with Crippen molar-refractivity contribution in [1.29, 1.82) is 0 Å². The number of hydrogen-bond donors (Lipinski definition) is 0. The molecule has 2 aromatic rings. The van der Waals surface area contributed by atoms with Gasteiger partial charge >= 0.3 is 0 Å². The molecule has 22 heavy (non-hydrogen) atoms. The molecule has 0 amide bonds. The van der Waals surface area contributed by atoms with E-state index in [1.54, 1.807) is 6.07 Å². The molecule has 1 saturated heterocycles. The molecule has 2 nitrogen and oxygen atoms in total. The monoisotopic (exact) mass is 298 g/mol. The van der Waals surface area contributed by atoms with E-state index in [9.17, 15) is 4.39 Å². The van der Waals surface area contributed by atoms with Crippen molar-refractivity contribution in [2.75, 3.05) is 6.61 Å². The second kappa shape index (κ2) is 4.56. The van der Waals surface area contributed by atoms with Gasteiger partial charge in [-0.1, -0.05) is 29.8 Å². The lowest BCUT2D eigenvalue weighted by atomic mass is 9.90. The van der Waals surface area contributed by atoms with Crippen molar-refractivity contribution in [2.24, 2.45) is 0 Å². The molecule has 1 unspecified atom stereocenters. The molecule has 2 aliphatic rings. The van der Waals surface area contributed by atoms with E-state index in [0.717, 1.165) is 24.2 Å². The van der Waals surface area contributed by atoms with Crippen LogP contribution in [0, 0.1) is 19.7 Å². The van der Waals surface area contributed by atoms with Crippen molar-refractivity contribution in [3.05, 3.63) is 65.0 Å². The molecule has 114 valence electrons. The van der Waals surface area contributed by atoms with Crippen molar-refractivity contribution in [3.63, 3.8) is 0 Å². The van der Waals surface area contributed by atoms with E-state index in [0.29, 0.717) is 12.2 Å². The predicted molar refractivity (Wildman–Crippen MR) is 82.5 cm³/mol.